The minimum Gasteiger partial charge on any atom is -0.444 e. The minimum atomic E-state index is -0.451. The summed E-state index contributed by atoms with van der Waals surface area (Å²) < 4.78 is 5.47. The third-order valence-corrected chi connectivity index (χ3v) is 3.35. The zero-order valence-electron chi connectivity index (χ0n) is 9.96. The number of hydrogen-bond donors (Lipinski definition) is 0. The van der Waals surface area contributed by atoms with Gasteiger partial charge in [-0.2, -0.15) is 0 Å². The van der Waals surface area contributed by atoms with Crippen molar-refractivity contribution in [1.29, 1.82) is 0 Å². The van der Waals surface area contributed by atoms with Crippen LogP contribution in [0.3, 0.4) is 0 Å². The summed E-state index contributed by atoms with van der Waals surface area (Å²) in [6, 6.07) is 0. The Morgan fingerprint density at radius 2 is 1.75 bits per heavy atom. The summed E-state index contributed by atoms with van der Waals surface area (Å²) in [5.41, 5.74) is -0.451. The van der Waals surface area contributed by atoms with E-state index in [1.54, 1.807) is 4.90 Å². The molecular weight excluding hydrogens is 321 g/mol. The lowest BCUT2D eigenvalue weighted by Crippen LogP contribution is -2.42. The van der Waals surface area contributed by atoms with Gasteiger partial charge in [0.05, 0.1) is 0 Å². The van der Waals surface area contributed by atoms with E-state index in [2.05, 4.69) is 0 Å². The first-order chi connectivity index (χ1) is 7.29. The predicted octanol–water partition coefficient (Wildman–Crippen LogP) is 2.60. The Kier molecular flexibility index (Phi) is 4.58. The molecule has 4 nitrogen and oxygen atoms in total. The van der Waals surface area contributed by atoms with Crippen LogP contribution in [0.25, 0.3) is 0 Å². The van der Waals surface area contributed by atoms with Crippen LogP contribution in [0, 0.1) is 5.92 Å². The summed E-state index contributed by atoms with van der Waals surface area (Å²) in [6.45, 7) is 6.80. The molecule has 0 radical (unpaired) electrons. The smallest absolute Gasteiger partial charge is 0.410 e. The third-order valence-electron chi connectivity index (χ3n) is 2.47. The zero-order chi connectivity index (χ0) is 12.3. The summed E-state index contributed by atoms with van der Waals surface area (Å²) in [6.07, 6.45) is 1.23. The minimum absolute atomic E-state index is 0.110. The molecule has 0 N–H and O–H groups in total. The summed E-state index contributed by atoms with van der Waals surface area (Å²) in [5, 5.41) is 0. The van der Waals surface area contributed by atoms with Crippen LogP contribution in [-0.4, -0.2) is 33.5 Å². The van der Waals surface area contributed by atoms with E-state index in [0.717, 1.165) is 12.8 Å². The maximum Gasteiger partial charge on any atom is 0.410 e. The van der Waals surface area contributed by atoms with Gasteiger partial charge in [0.15, 0.2) is 3.79 Å². The Morgan fingerprint density at radius 1 is 1.25 bits per heavy atom. The Labute approximate surface area is 110 Å². The van der Waals surface area contributed by atoms with E-state index in [-0.39, 0.29) is 15.8 Å². The van der Waals surface area contributed by atoms with E-state index in [9.17, 15) is 9.59 Å². The highest BCUT2D eigenvalue weighted by Gasteiger charge is 2.28. The van der Waals surface area contributed by atoms with Gasteiger partial charge in [-0.15, -0.1) is 0 Å². The number of nitrogens with zero attached hydrogens (tertiary/aromatic N) is 1. The number of carbonyl (C=O) groups is 2. The van der Waals surface area contributed by atoms with E-state index in [0.29, 0.717) is 13.1 Å². The second-order valence-corrected chi connectivity index (χ2v) is 6.11. The van der Waals surface area contributed by atoms with Crippen LogP contribution in [-0.2, 0) is 9.53 Å². The molecule has 1 heterocycles. The summed E-state index contributed by atoms with van der Waals surface area (Å²) >= 11 is 1.83. The molecule has 92 valence electrons. The molecule has 1 rings (SSSR count). The van der Waals surface area contributed by atoms with Gasteiger partial charge in [-0.1, -0.05) is 0 Å². The topological polar surface area (TPSA) is 46.6 Å². The quantitative estimate of drug-likeness (QED) is 0.545. The SMILES string of the molecule is CC(C)(C)OC(=O)N1CCC(C(=O)I)CC1. The van der Waals surface area contributed by atoms with Crippen molar-refractivity contribution in [1.82, 2.24) is 4.90 Å². The van der Waals surface area contributed by atoms with Crippen molar-refractivity contribution in [2.24, 2.45) is 5.92 Å². The van der Waals surface area contributed by atoms with Crippen LogP contribution >= 0.6 is 22.6 Å². The molecule has 0 spiro atoms. The number of ether oxygens (including phenoxy) is 1. The average molecular weight is 339 g/mol. The molecule has 5 heteroatoms. The molecule has 16 heavy (non-hydrogen) atoms. The molecule has 1 fully saturated rings. The number of likely N-dealkylation sites (tertiary alicyclic amines) is 1. The van der Waals surface area contributed by atoms with E-state index in [4.69, 9.17) is 4.74 Å². The molecule has 0 saturated carbocycles. The van der Waals surface area contributed by atoms with E-state index >= 15 is 0 Å². The highest BCUT2D eigenvalue weighted by atomic mass is 127. The Hall–Kier alpha value is -0.330. The van der Waals surface area contributed by atoms with E-state index < -0.39 is 5.60 Å². The second kappa shape index (κ2) is 5.33. The van der Waals surface area contributed by atoms with Crippen LogP contribution in [0.15, 0.2) is 0 Å². The van der Waals surface area contributed by atoms with Crippen molar-refractivity contribution in [2.45, 2.75) is 39.2 Å². The van der Waals surface area contributed by atoms with Gasteiger partial charge in [-0.05, 0) is 56.2 Å². The zero-order valence-corrected chi connectivity index (χ0v) is 12.1. The van der Waals surface area contributed by atoms with E-state index in [1.165, 1.54) is 0 Å². The van der Waals surface area contributed by atoms with Crippen LogP contribution < -0.4 is 0 Å². The van der Waals surface area contributed by atoms with Crippen molar-refractivity contribution in [2.75, 3.05) is 13.1 Å². The van der Waals surface area contributed by atoms with Crippen molar-refractivity contribution in [3.05, 3.63) is 0 Å². The maximum atomic E-state index is 11.7. The number of halogens is 1. The molecular formula is C11H18INO3. The Bertz CT molecular complexity index is 277. The molecule has 1 aliphatic rings. The lowest BCUT2D eigenvalue weighted by molar-refractivity contribution is -0.114. The van der Waals surface area contributed by atoms with Crippen LogP contribution in [0.1, 0.15) is 33.6 Å². The lowest BCUT2D eigenvalue weighted by atomic mass is 9.99. The third kappa shape index (κ3) is 4.27. The van der Waals surface area contributed by atoms with E-state index in [1.807, 2.05) is 43.4 Å². The maximum absolute atomic E-state index is 11.7. The molecule has 0 aromatic heterocycles. The molecule has 0 aliphatic carbocycles. The molecule has 1 aliphatic heterocycles. The normalized spacial score (nSPS) is 18.4. The fourth-order valence-corrected chi connectivity index (χ4v) is 2.24. The van der Waals surface area contributed by atoms with Crippen molar-refractivity contribution in [3.63, 3.8) is 0 Å². The van der Waals surface area contributed by atoms with Crippen LogP contribution in [0.2, 0.25) is 0 Å². The monoisotopic (exact) mass is 339 g/mol. The Morgan fingerprint density at radius 3 is 2.12 bits per heavy atom. The number of amides is 1. The molecule has 1 saturated heterocycles. The van der Waals surface area contributed by atoms with Crippen molar-refractivity contribution in [3.8, 4) is 0 Å². The van der Waals surface area contributed by atoms with Gasteiger partial charge in [0.1, 0.15) is 5.60 Å². The van der Waals surface area contributed by atoms with Crippen molar-refractivity contribution >= 4 is 32.5 Å². The first-order valence-corrected chi connectivity index (χ1v) is 6.55. The fraction of sp³-hybridized carbons (Fsp3) is 0.818. The van der Waals surface area contributed by atoms with Crippen molar-refractivity contribution < 1.29 is 14.3 Å². The predicted molar refractivity (Wildman–Crippen MR) is 69.6 cm³/mol. The summed E-state index contributed by atoms with van der Waals surface area (Å²) in [4.78, 5) is 24.5. The largest absolute Gasteiger partial charge is 0.444 e. The van der Waals surface area contributed by atoms with Gasteiger partial charge in [-0.25, -0.2) is 4.79 Å². The number of carbonyl (C=O) groups excluding carboxylic acids is 2. The standard InChI is InChI=1S/C11H18INO3/c1-11(2,3)16-10(15)13-6-4-8(5-7-13)9(12)14/h8H,4-7H2,1-3H3. The summed E-state index contributed by atoms with van der Waals surface area (Å²) in [7, 11) is 0. The number of hydrogen-bond acceptors (Lipinski definition) is 3. The Balaban J connectivity index is 2.42. The highest BCUT2D eigenvalue weighted by molar-refractivity contribution is 14.1. The van der Waals surface area contributed by atoms with Gasteiger partial charge in [-0.3, -0.25) is 4.79 Å². The van der Waals surface area contributed by atoms with Crippen LogP contribution in [0.5, 0.6) is 0 Å². The molecule has 0 aromatic rings. The lowest BCUT2D eigenvalue weighted by Gasteiger charge is -2.32. The average Bonchev–Trinajstić information content (AvgIpc) is 2.15. The molecule has 1 amide bonds. The number of rotatable bonds is 1. The fourth-order valence-electron chi connectivity index (χ4n) is 1.62. The van der Waals surface area contributed by atoms with Crippen LogP contribution in [0.4, 0.5) is 4.79 Å². The van der Waals surface area contributed by atoms with Gasteiger partial charge in [0.2, 0.25) is 0 Å². The first-order valence-electron chi connectivity index (χ1n) is 5.47. The second-order valence-electron chi connectivity index (χ2n) is 5.05. The number of piperidine rings is 1. The van der Waals surface area contributed by atoms with Gasteiger partial charge >= 0.3 is 6.09 Å². The van der Waals surface area contributed by atoms with Gasteiger partial charge in [0, 0.05) is 19.0 Å². The summed E-state index contributed by atoms with van der Waals surface area (Å²) in [5.74, 6) is 0.110. The van der Waals surface area contributed by atoms with Gasteiger partial charge < -0.3 is 9.64 Å². The first kappa shape index (κ1) is 13.7. The molecule has 0 bridgehead atoms. The molecule has 0 atom stereocenters. The van der Waals surface area contributed by atoms with Gasteiger partial charge in [0.25, 0.3) is 0 Å². The highest BCUT2D eigenvalue weighted by Crippen LogP contribution is 2.22. The molecule has 0 unspecified atom stereocenters. The molecule has 0 aromatic carbocycles.